The van der Waals surface area contributed by atoms with Crippen molar-refractivity contribution in [1.29, 1.82) is 0 Å². The number of aromatic nitrogens is 8. The predicted octanol–water partition coefficient (Wildman–Crippen LogP) is 30.7. The maximum Gasteiger partial charge on any atom is 0.214 e. The van der Waals surface area contributed by atoms with Crippen LogP contribution in [0.25, 0.3) is 0 Å². The molecule has 0 aromatic carbocycles. The summed E-state index contributed by atoms with van der Waals surface area (Å²) in [5.74, 6) is 9.06. The Morgan fingerprint density at radius 1 is 0.236 bits per heavy atom. The van der Waals surface area contributed by atoms with Gasteiger partial charge in [-0.25, -0.2) is 29.9 Å². The Bertz CT molecular complexity index is 4550. The van der Waals surface area contributed by atoms with Crippen molar-refractivity contribution in [3.05, 3.63) is 155 Å². The van der Waals surface area contributed by atoms with E-state index in [-0.39, 0.29) is 79.6 Å². The number of rotatable bonds is 27. The maximum atomic E-state index is 5.73. The van der Waals surface area contributed by atoms with Crippen LogP contribution in [0.4, 0.5) is 0 Å². The molecule has 0 bridgehead atoms. The van der Waals surface area contributed by atoms with E-state index < -0.39 is 0 Å². The fourth-order valence-electron chi connectivity index (χ4n) is 16.8. The largest absolute Gasteiger partial charge is 0.466 e. The molecule has 140 heavy (non-hydrogen) atoms. The number of furan rings is 1. The first kappa shape index (κ1) is 140. The quantitative estimate of drug-likeness (QED) is 0.0468. The number of hydrogen-bond acceptors (Lipinski definition) is 26. The molecule has 0 amide bonds. The van der Waals surface area contributed by atoms with Gasteiger partial charge in [0.1, 0.15) is 51.0 Å². The third-order valence-corrected chi connectivity index (χ3v) is 33.2. The number of thiazole rings is 3. The highest BCUT2D eigenvalue weighted by molar-refractivity contribution is 7.12. The van der Waals surface area contributed by atoms with Crippen LogP contribution < -0.4 is 0 Å². The Morgan fingerprint density at radius 2 is 0.600 bits per heavy atom. The second-order valence-corrected chi connectivity index (χ2v) is 48.7. The average molecular weight is 2020 g/mol. The molecule has 0 unspecified atom stereocenters. The van der Waals surface area contributed by atoms with Crippen molar-refractivity contribution in [2.45, 2.75) is 515 Å². The van der Waals surface area contributed by atoms with Crippen LogP contribution in [0, 0.1) is 132 Å². The van der Waals surface area contributed by atoms with Crippen molar-refractivity contribution in [3.63, 3.8) is 0 Å². The van der Waals surface area contributed by atoms with Crippen molar-refractivity contribution >= 4 is 34.0 Å². The number of aryl methyl sites for hydroxylation is 16. The summed E-state index contributed by atoms with van der Waals surface area (Å²) in [6, 6.07) is 4.51. The van der Waals surface area contributed by atoms with Crippen molar-refractivity contribution in [2.75, 3.05) is 63.4 Å². The van der Waals surface area contributed by atoms with E-state index in [0.29, 0.717) is 54.4 Å². The van der Waals surface area contributed by atoms with Crippen LogP contribution in [0.5, 0.6) is 0 Å². The van der Waals surface area contributed by atoms with E-state index in [2.05, 4.69) is 466 Å². The molecule has 0 saturated carbocycles. The van der Waals surface area contributed by atoms with Gasteiger partial charge in [-0.3, -0.25) is 44.1 Å². The Balaban J connectivity index is -0.000000741. The minimum atomic E-state index is -0.160. The van der Waals surface area contributed by atoms with Crippen molar-refractivity contribution in [1.82, 2.24) is 84.3 Å². The van der Waals surface area contributed by atoms with E-state index in [9.17, 15) is 0 Å². The lowest BCUT2D eigenvalue weighted by molar-refractivity contribution is 0.0877. The lowest BCUT2D eigenvalue weighted by Gasteiger charge is -2.39. The van der Waals surface area contributed by atoms with Crippen molar-refractivity contribution in [2.24, 2.45) is 0 Å². The van der Waals surface area contributed by atoms with Gasteiger partial charge in [-0.2, -0.15) is 0 Å². The summed E-state index contributed by atoms with van der Waals surface area (Å²) in [4.78, 5) is 52.1. The first-order valence-corrected chi connectivity index (χ1v) is 52.0. The van der Waals surface area contributed by atoms with Gasteiger partial charge in [0.05, 0.1) is 88.5 Å². The molecule has 9 rings (SSSR count). The molecule has 0 radical (unpaired) electrons. The summed E-state index contributed by atoms with van der Waals surface area (Å²) in [6.07, 6.45) is 0. The summed E-state index contributed by atoms with van der Waals surface area (Å²) in [5, 5.41) is 11.7. The fraction of sp³-hybridized carbons (Fsp3) is 0.754. The van der Waals surface area contributed by atoms with Crippen LogP contribution in [-0.2, 0) is 49.9 Å². The maximum absolute atomic E-state index is 5.73. The molecule has 23 nitrogen and oxygen atoms in total. The molecule has 0 spiro atoms. The van der Waals surface area contributed by atoms with Gasteiger partial charge >= 0.3 is 0 Å². The van der Waals surface area contributed by atoms with Crippen molar-refractivity contribution < 1.29 is 26.7 Å². The Labute approximate surface area is 873 Å². The van der Waals surface area contributed by atoms with E-state index in [4.69, 9.17) is 26.7 Å². The predicted molar refractivity (Wildman–Crippen MR) is 608 cm³/mol. The molecule has 0 fully saturated rings. The first-order chi connectivity index (χ1) is 61.3. The summed E-state index contributed by atoms with van der Waals surface area (Å²) in [6.45, 7) is 118. The standard InChI is InChI=1S/C14H25NO.5C12H22N2O.3C12H22N2S.4CH4/c1-9(2)15(8)14(6,7)13-10(3)11(4)16-12(13)5;1-8(2)14(7)12(5,6)11-9(3)15-10(4)13-11;1-8(2)14(7)12(5,6)11-9(3)13-10(4)15-11;1-8(2)14(7)12(5,6)11-13-9(3)10(4)15-11;1-8(2)14(7)12(5,6)11-9(3)10(4)15-13-11;1-8(2)14(7)12(5,6)11-9(3)10(4)13-15-11;1-8(2)14(7)12(5,6)11-9(3)15-10(4)13-11;1-8(2)14(7)12(5,6)11-9(3)13-10(4)15-11;1-8(2)14(7)12(5,6)11-13-9(3)10(4)15-11;;;;/h9H,1-8H3;8*8H,1-7H3;4*1H4. The minimum absolute atomic E-state index is 0. The average Bonchev–Trinajstić information content (AvgIpc) is 1.61. The molecule has 0 aliphatic carbocycles. The molecule has 9 aromatic heterocycles. The monoisotopic (exact) mass is 2020 g/mol. The van der Waals surface area contributed by atoms with Gasteiger partial charge in [0.2, 0.25) is 5.89 Å². The molecular weight excluding hydrogens is 1800 g/mol. The van der Waals surface area contributed by atoms with Gasteiger partial charge in [-0.05, 0) is 436 Å². The second kappa shape index (κ2) is 56.1. The summed E-state index contributed by atoms with van der Waals surface area (Å²) < 4.78 is 33.3. The van der Waals surface area contributed by atoms with Crippen LogP contribution in [0.1, 0.15) is 434 Å². The Hall–Kier alpha value is -6.14. The lowest BCUT2D eigenvalue weighted by atomic mass is 9.88. The van der Waals surface area contributed by atoms with Gasteiger partial charge in [0, 0.05) is 105 Å². The number of nitrogens with zero attached hydrogens (tertiary/aromatic N) is 17. The van der Waals surface area contributed by atoms with E-state index in [1.807, 2.05) is 85.0 Å². The summed E-state index contributed by atoms with van der Waals surface area (Å²) in [5.41, 5.74) is 13.1. The van der Waals surface area contributed by atoms with E-state index in [0.717, 1.165) is 108 Å². The van der Waals surface area contributed by atoms with Crippen LogP contribution in [0.3, 0.4) is 0 Å². The minimum Gasteiger partial charge on any atom is -0.466 e. The molecular formula is C114H217N17O6S3. The summed E-state index contributed by atoms with van der Waals surface area (Å²) >= 11 is 5.42. The zero-order valence-electron chi connectivity index (χ0n) is 99.0. The van der Waals surface area contributed by atoms with Crippen LogP contribution in [0.15, 0.2) is 26.7 Å². The van der Waals surface area contributed by atoms with Gasteiger partial charge in [-0.1, -0.05) is 40.0 Å². The normalized spacial score (nSPS) is 12.5. The van der Waals surface area contributed by atoms with Crippen molar-refractivity contribution in [3.8, 4) is 0 Å². The van der Waals surface area contributed by atoms with Crippen LogP contribution in [-0.4, -0.2) is 202 Å². The number of hydrogen-bond donors (Lipinski definition) is 0. The summed E-state index contributed by atoms with van der Waals surface area (Å²) in [7, 11) is 19.2. The zero-order chi connectivity index (χ0) is 107. The molecule has 0 N–H and O–H groups in total. The Kier molecular flexibility index (Phi) is 56.2. The first-order valence-electron chi connectivity index (χ1n) is 49.5. The Morgan fingerprint density at radius 3 is 0.900 bits per heavy atom. The molecule has 0 saturated heterocycles. The second-order valence-electron chi connectivity index (χ2n) is 44.9. The van der Waals surface area contributed by atoms with Gasteiger partial charge in [0.15, 0.2) is 17.5 Å². The lowest BCUT2D eigenvalue weighted by Crippen LogP contribution is -2.43. The van der Waals surface area contributed by atoms with E-state index in [1.165, 1.54) is 47.8 Å². The fourth-order valence-corrected chi connectivity index (χ4v) is 19.9. The van der Waals surface area contributed by atoms with Crippen LogP contribution in [0.2, 0.25) is 0 Å². The number of oxazole rings is 3. The molecule has 0 atom stereocenters. The molecule has 26 heteroatoms. The highest BCUT2D eigenvalue weighted by atomic mass is 32.1. The van der Waals surface area contributed by atoms with Crippen LogP contribution >= 0.6 is 34.0 Å². The highest BCUT2D eigenvalue weighted by Gasteiger charge is 2.41. The van der Waals surface area contributed by atoms with E-state index in [1.54, 1.807) is 11.3 Å². The third kappa shape index (κ3) is 35.6. The third-order valence-electron chi connectivity index (χ3n) is 29.5. The van der Waals surface area contributed by atoms with Gasteiger partial charge in [-0.15, -0.1) is 34.0 Å². The zero-order valence-corrected chi connectivity index (χ0v) is 101. The topological polar surface area (TPSA) is 211 Å². The highest BCUT2D eigenvalue weighted by Crippen LogP contribution is 2.42. The molecule has 0 aliphatic heterocycles. The molecule has 812 valence electrons. The van der Waals surface area contributed by atoms with Gasteiger partial charge < -0.3 is 26.7 Å². The molecule has 9 heterocycles. The smallest absolute Gasteiger partial charge is 0.214 e. The SMILES string of the molecule is C.C.C.C.Cc1nc(C(C)(C)N(C)C(C)C)c(C)o1.Cc1nc(C(C)(C)N(C)C(C)C)c(C)s1.Cc1nc(C(C)(C)N(C)C(C)C)oc1C.Cc1nc(C(C)(C)N(C)C(C)C)sc1C.Cc1nc(C)c(C(C)(C)N(C)C(C)C)o1.Cc1nc(C)c(C(C)(C)N(C)C(C)C)s1.Cc1noc(C(C)(C)N(C)C(C)C)c1C.Cc1oc(C)c(C(C)(C)N(C)C(C)C)c1C.Cc1onc(C(C)(C)N(C)C(C)C)c1C. The molecule has 0 aliphatic rings. The molecule has 9 aromatic rings. The van der Waals surface area contributed by atoms with Gasteiger partial charge in [0.25, 0.3) is 0 Å². The van der Waals surface area contributed by atoms with E-state index >= 15 is 0 Å².